The lowest BCUT2D eigenvalue weighted by Crippen LogP contribution is -2.59. The first kappa shape index (κ1) is 13.8. The number of aromatic nitrogens is 2. The van der Waals surface area contributed by atoms with E-state index in [1.54, 1.807) is 24.0 Å². The molecule has 1 saturated heterocycles. The van der Waals surface area contributed by atoms with Gasteiger partial charge in [-0.15, -0.1) is 0 Å². The zero-order valence-electron chi connectivity index (χ0n) is 10.8. The van der Waals surface area contributed by atoms with Crippen molar-refractivity contribution in [2.45, 2.75) is 6.04 Å². The number of aliphatic carboxylic acids is 1. The van der Waals surface area contributed by atoms with E-state index in [-0.39, 0.29) is 19.0 Å². The topological polar surface area (TPSA) is 105 Å². The van der Waals surface area contributed by atoms with Crippen molar-refractivity contribution in [1.29, 1.82) is 0 Å². The average Bonchev–Trinajstić information content (AvgIpc) is 2.81. The normalized spacial score (nSPS) is 19.1. The Morgan fingerprint density at radius 3 is 2.90 bits per heavy atom. The Morgan fingerprint density at radius 1 is 1.55 bits per heavy atom. The number of rotatable bonds is 3. The quantitative estimate of drug-likeness (QED) is 0.679. The highest BCUT2D eigenvalue weighted by Gasteiger charge is 2.34. The molecule has 0 aromatic carbocycles. The third-order valence-electron chi connectivity index (χ3n) is 3.01. The Labute approximate surface area is 114 Å². The van der Waals surface area contributed by atoms with Crippen LogP contribution in [0.2, 0.25) is 0 Å². The van der Waals surface area contributed by atoms with Gasteiger partial charge in [-0.25, -0.2) is 4.79 Å². The van der Waals surface area contributed by atoms with Gasteiger partial charge in [-0.05, 0) is 12.1 Å². The van der Waals surface area contributed by atoms with Crippen LogP contribution < -0.4 is 5.32 Å². The van der Waals surface area contributed by atoms with Gasteiger partial charge in [0.15, 0.2) is 0 Å². The molecule has 2 amide bonds. The van der Waals surface area contributed by atoms with Gasteiger partial charge in [0, 0.05) is 25.9 Å². The van der Waals surface area contributed by atoms with Gasteiger partial charge in [-0.2, -0.15) is 5.10 Å². The van der Waals surface area contributed by atoms with E-state index >= 15 is 0 Å². The summed E-state index contributed by atoms with van der Waals surface area (Å²) in [4.78, 5) is 35.4. The van der Waals surface area contributed by atoms with Crippen molar-refractivity contribution in [2.75, 3.05) is 13.1 Å². The molecule has 1 aliphatic heterocycles. The Kier molecular flexibility index (Phi) is 3.83. The minimum Gasteiger partial charge on any atom is -0.480 e. The summed E-state index contributed by atoms with van der Waals surface area (Å²) < 4.78 is 1.57. The molecule has 2 heterocycles. The maximum absolute atomic E-state index is 12.0. The first-order valence-corrected chi connectivity index (χ1v) is 5.95. The molecule has 1 aromatic heterocycles. The number of carboxylic acid groups (broad SMARTS) is 1. The van der Waals surface area contributed by atoms with Crippen LogP contribution in [0.15, 0.2) is 18.3 Å². The molecule has 8 heteroatoms. The number of amides is 2. The molecule has 0 saturated carbocycles. The van der Waals surface area contributed by atoms with E-state index in [2.05, 4.69) is 10.4 Å². The van der Waals surface area contributed by atoms with Gasteiger partial charge in [0.05, 0.1) is 5.69 Å². The first-order chi connectivity index (χ1) is 9.49. The average molecular weight is 278 g/mol. The van der Waals surface area contributed by atoms with Crippen molar-refractivity contribution in [2.24, 2.45) is 7.05 Å². The van der Waals surface area contributed by atoms with Crippen molar-refractivity contribution >= 4 is 23.9 Å². The molecule has 106 valence electrons. The van der Waals surface area contributed by atoms with E-state index < -0.39 is 17.9 Å². The fourth-order valence-corrected chi connectivity index (χ4v) is 1.89. The molecule has 2 N–H and O–H groups in total. The zero-order chi connectivity index (χ0) is 14.7. The van der Waals surface area contributed by atoms with Gasteiger partial charge < -0.3 is 15.3 Å². The summed E-state index contributed by atoms with van der Waals surface area (Å²) in [5, 5.41) is 15.4. The largest absolute Gasteiger partial charge is 0.480 e. The molecular formula is C12H14N4O4. The molecule has 0 spiro atoms. The van der Waals surface area contributed by atoms with E-state index in [9.17, 15) is 14.4 Å². The lowest BCUT2D eigenvalue weighted by molar-refractivity contribution is -0.152. The lowest BCUT2D eigenvalue weighted by atomic mass is 10.2. The number of hydrogen-bond acceptors (Lipinski definition) is 4. The van der Waals surface area contributed by atoms with Crippen LogP contribution in [0.1, 0.15) is 5.69 Å². The van der Waals surface area contributed by atoms with Crippen LogP contribution in [-0.2, 0) is 21.4 Å². The summed E-state index contributed by atoms with van der Waals surface area (Å²) in [6.45, 7) is -0.342. The van der Waals surface area contributed by atoms with E-state index in [4.69, 9.17) is 5.11 Å². The molecule has 20 heavy (non-hydrogen) atoms. The maximum Gasteiger partial charge on any atom is 0.328 e. The van der Waals surface area contributed by atoms with Crippen molar-refractivity contribution in [3.63, 3.8) is 0 Å². The van der Waals surface area contributed by atoms with Gasteiger partial charge in [0.1, 0.15) is 12.6 Å². The molecule has 1 aromatic rings. The van der Waals surface area contributed by atoms with Gasteiger partial charge in [-0.3, -0.25) is 14.3 Å². The summed E-state index contributed by atoms with van der Waals surface area (Å²) in [6.07, 6.45) is 4.35. The number of nitrogens with zero attached hydrogens (tertiary/aromatic N) is 3. The van der Waals surface area contributed by atoms with Gasteiger partial charge in [-0.1, -0.05) is 0 Å². The van der Waals surface area contributed by atoms with Crippen LogP contribution in [0, 0.1) is 0 Å². The maximum atomic E-state index is 12.0. The second-order valence-corrected chi connectivity index (χ2v) is 4.34. The Morgan fingerprint density at radius 2 is 2.30 bits per heavy atom. The second kappa shape index (κ2) is 5.55. The highest BCUT2D eigenvalue weighted by molar-refractivity contribution is 5.98. The van der Waals surface area contributed by atoms with Gasteiger partial charge >= 0.3 is 5.97 Å². The molecule has 0 bridgehead atoms. The van der Waals surface area contributed by atoms with Gasteiger partial charge in [0.2, 0.25) is 11.8 Å². The van der Waals surface area contributed by atoms with Crippen LogP contribution >= 0.6 is 0 Å². The lowest BCUT2D eigenvalue weighted by Gasteiger charge is -2.31. The zero-order valence-corrected chi connectivity index (χ0v) is 10.8. The molecule has 1 unspecified atom stereocenters. The molecular weight excluding hydrogens is 264 g/mol. The third kappa shape index (κ3) is 2.85. The highest BCUT2D eigenvalue weighted by Crippen LogP contribution is 2.07. The van der Waals surface area contributed by atoms with Crippen molar-refractivity contribution in [3.05, 3.63) is 24.0 Å². The highest BCUT2D eigenvalue weighted by atomic mass is 16.4. The second-order valence-electron chi connectivity index (χ2n) is 4.34. The third-order valence-corrected chi connectivity index (χ3v) is 3.01. The smallest absolute Gasteiger partial charge is 0.328 e. The van der Waals surface area contributed by atoms with Crippen molar-refractivity contribution in [3.8, 4) is 0 Å². The van der Waals surface area contributed by atoms with E-state index in [1.165, 1.54) is 12.2 Å². The first-order valence-electron chi connectivity index (χ1n) is 5.95. The van der Waals surface area contributed by atoms with Crippen LogP contribution in [0.5, 0.6) is 0 Å². The molecule has 1 fully saturated rings. The summed E-state index contributed by atoms with van der Waals surface area (Å²) in [7, 11) is 1.72. The SMILES string of the molecule is Cn1nccc1/C=C/C(=O)N1CC(=O)NCC1C(=O)O. The van der Waals surface area contributed by atoms with Crippen molar-refractivity contribution in [1.82, 2.24) is 20.0 Å². The van der Waals surface area contributed by atoms with Crippen LogP contribution in [0.3, 0.4) is 0 Å². The summed E-state index contributed by atoms with van der Waals surface area (Å²) >= 11 is 0. The molecule has 0 aliphatic carbocycles. The molecule has 8 nitrogen and oxygen atoms in total. The Balaban J connectivity index is 2.13. The van der Waals surface area contributed by atoms with Crippen LogP contribution in [0.4, 0.5) is 0 Å². The Bertz CT molecular complexity index is 578. The Hall–Kier alpha value is -2.64. The summed E-state index contributed by atoms with van der Waals surface area (Å²) in [5.74, 6) is -2.04. The number of piperazine rings is 1. The fourth-order valence-electron chi connectivity index (χ4n) is 1.89. The minimum atomic E-state index is -1.15. The monoisotopic (exact) mass is 278 g/mol. The van der Waals surface area contributed by atoms with E-state index in [1.807, 2.05) is 0 Å². The summed E-state index contributed by atoms with van der Waals surface area (Å²) in [5.41, 5.74) is 0.701. The standard InChI is InChI=1S/C12H14N4O4/c1-15-8(4-5-14-15)2-3-11(18)16-7-10(17)13-6-9(16)12(19)20/h2-5,9H,6-7H2,1H3,(H,13,17)(H,19,20)/b3-2+. The number of hydrogen-bond donors (Lipinski definition) is 2. The number of carbonyl (C=O) groups excluding carboxylic acids is 2. The molecule has 2 rings (SSSR count). The van der Waals surface area contributed by atoms with Gasteiger partial charge in [0.25, 0.3) is 0 Å². The van der Waals surface area contributed by atoms with Crippen LogP contribution in [0.25, 0.3) is 6.08 Å². The predicted octanol–water partition coefficient (Wildman–Crippen LogP) is -1.16. The molecule has 1 atom stereocenters. The number of nitrogens with one attached hydrogen (secondary N) is 1. The number of aryl methyl sites for hydroxylation is 1. The minimum absolute atomic E-state index is 0.0839. The van der Waals surface area contributed by atoms with E-state index in [0.29, 0.717) is 5.69 Å². The fraction of sp³-hybridized carbons (Fsp3) is 0.333. The van der Waals surface area contributed by atoms with E-state index in [0.717, 1.165) is 4.90 Å². The number of carbonyl (C=O) groups is 3. The van der Waals surface area contributed by atoms with Crippen molar-refractivity contribution < 1.29 is 19.5 Å². The molecule has 1 aliphatic rings. The number of carboxylic acids is 1. The summed E-state index contributed by atoms with van der Waals surface area (Å²) in [6, 6.07) is 0.665. The molecule has 0 radical (unpaired) electrons. The predicted molar refractivity (Wildman–Crippen MR) is 68.4 cm³/mol. The van der Waals surface area contributed by atoms with Crippen LogP contribution in [-0.4, -0.2) is 56.7 Å².